The molecule has 1 unspecified atom stereocenters. The fraction of sp³-hybridized carbons (Fsp3) is 0.500. The van der Waals surface area contributed by atoms with Crippen molar-refractivity contribution in [3.8, 4) is 11.5 Å². The zero-order valence-corrected chi connectivity index (χ0v) is 14.4. The molecule has 1 atom stereocenters. The zero-order chi connectivity index (χ0) is 17.2. The van der Waals surface area contributed by atoms with Crippen LogP contribution in [0.15, 0.2) is 17.0 Å². The lowest BCUT2D eigenvalue weighted by atomic mass is 10.0. The summed E-state index contributed by atoms with van der Waals surface area (Å²) in [5.74, 6) is -1.31. The number of ether oxygens (including phenoxy) is 2. The number of methoxy groups -OCH3 is 2. The van der Waals surface area contributed by atoms with Gasteiger partial charge in [-0.25, -0.2) is 8.42 Å². The van der Waals surface area contributed by atoms with Crippen LogP contribution in [0.4, 0.5) is 0 Å². The zero-order valence-electron chi connectivity index (χ0n) is 12.8. The number of carbonyl (C=O) groups is 1. The first-order chi connectivity index (χ1) is 10.8. The van der Waals surface area contributed by atoms with E-state index in [1.54, 1.807) is 0 Å². The van der Waals surface area contributed by atoms with Gasteiger partial charge in [-0.2, -0.15) is 4.31 Å². The number of halogens is 1. The second kappa shape index (κ2) is 6.94. The molecule has 1 aromatic rings. The van der Waals surface area contributed by atoms with Gasteiger partial charge in [-0.05, 0) is 18.9 Å². The molecule has 1 heterocycles. The Labute approximate surface area is 139 Å². The van der Waals surface area contributed by atoms with Crippen molar-refractivity contribution < 1.29 is 27.8 Å². The van der Waals surface area contributed by atoms with Gasteiger partial charge in [0, 0.05) is 19.2 Å². The predicted molar refractivity (Wildman–Crippen MR) is 83.7 cm³/mol. The summed E-state index contributed by atoms with van der Waals surface area (Å²) in [6, 6.07) is 2.66. The Bertz CT molecular complexity index is 705. The van der Waals surface area contributed by atoms with Crippen LogP contribution in [-0.2, 0) is 14.8 Å². The van der Waals surface area contributed by atoms with Gasteiger partial charge in [0.1, 0.15) is 16.4 Å². The molecule has 0 aromatic heterocycles. The quantitative estimate of drug-likeness (QED) is 0.858. The van der Waals surface area contributed by atoms with Gasteiger partial charge in [-0.1, -0.05) is 11.6 Å². The van der Waals surface area contributed by atoms with Crippen LogP contribution >= 0.6 is 11.6 Å². The second-order valence-electron chi connectivity index (χ2n) is 5.18. The Morgan fingerprint density at radius 2 is 1.96 bits per heavy atom. The van der Waals surface area contributed by atoms with Crippen LogP contribution in [0.25, 0.3) is 0 Å². The summed E-state index contributed by atoms with van der Waals surface area (Å²) in [4.78, 5) is 11.0. The average Bonchev–Trinajstić information content (AvgIpc) is 2.54. The molecule has 0 radical (unpaired) electrons. The van der Waals surface area contributed by atoms with E-state index in [-0.39, 0.29) is 28.8 Å². The number of piperidine rings is 1. The molecule has 7 nitrogen and oxygen atoms in total. The highest BCUT2D eigenvalue weighted by Crippen LogP contribution is 2.37. The smallest absolute Gasteiger partial charge is 0.307 e. The SMILES string of the molecule is COc1cc(OC)c(S(=O)(=O)N2CCCC(C(=O)O)C2)cc1Cl. The third-order valence-corrected chi connectivity index (χ3v) is 5.97. The van der Waals surface area contributed by atoms with Crippen molar-refractivity contribution in [2.45, 2.75) is 17.7 Å². The number of sulfonamides is 1. The molecule has 1 saturated heterocycles. The molecule has 1 fully saturated rings. The minimum atomic E-state index is -3.91. The fourth-order valence-electron chi connectivity index (χ4n) is 2.54. The summed E-state index contributed by atoms with van der Waals surface area (Å²) in [5, 5.41) is 9.26. The summed E-state index contributed by atoms with van der Waals surface area (Å²) in [7, 11) is -1.15. The topological polar surface area (TPSA) is 93.1 Å². The molecule has 23 heavy (non-hydrogen) atoms. The van der Waals surface area contributed by atoms with Crippen LogP contribution in [0.1, 0.15) is 12.8 Å². The first-order valence-corrected chi connectivity index (χ1v) is 8.77. The van der Waals surface area contributed by atoms with Crippen LogP contribution in [0.3, 0.4) is 0 Å². The molecule has 1 aromatic carbocycles. The van der Waals surface area contributed by atoms with Crippen molar-refractivity contribution in [2.24, 2.45) is 5.92 Å². The first-order valence-electron chi connectivity index (χ1n) is 6.95. The predicted octanol–water partition coefficient (Wildman–Crippen LogP) is 1.84. The lowest BCUT2D eigenvalue weighted by Crippen LogP contribution is -2.42. The summed E-state index contributed by atoms with van der Waals surface area (Å²) >= 11 is 6.02. The molecule has 0 amide bonds. The van der Waals surface area contributed by atoms with Crippen LogP contribution in [0.2, 0.25) is 5.02 Å². The number of aliphatic carboxylic acids is 1. The molecule has 2 rings (SSSR count). The fourth-order valence-corrected chi connectivity index (χ4v) is 4.53. The van der Waals surface area contributed by atoms with Crippen molar-refractivity contribution in [3.05, 3.63) is 17.2 Å². The van der Waals surface area contributed by atoms with Crippen LogP contribution in [-0.4, -0.2) is 51.1 Å². The van der Waals surface area contributed by atoms with E-state index < -0.39 is 21.9 Å². The van der Waals surface area contributed by atoms with Crippen molar-refractivity contribution in [1.82, 2.24) is 4.31 Å². The molecule has 0 bridgehead atoms. The largest absolute Gasteiger partial charge is 0.495 e. The third-order valence-electron chi connectivity index (χ3n) is 3.79. The van der Waals surface area contributed by atoms with Gasteiger partial charge in [0.2, 0.25) is 10.0 Å². The molecular formula is C14H18ClNO6S. The van der Waals surface area contributed by atoms with E-state index in [9.17, 15) is 13.2 Å². The lowest BCUT2D eigenvalue weighted by molar-refractivity contribution is -0.142. The maximum atomic E-state index is 12.8. The van der Waals surface area contributed by atoms with Gasteiger partial charge in [0.25, 0.3) is 0 Å². The van der Waals surface area contributed by atoms with Gasteiger partial charge in [-0.3, -0.25) is 4.79 Å². The first kappa shape index (κ1) is 17.8. The van der Waals surface area contributed by atoms with Crippen LogP contribution < -0.4 is 9.47 Å². The molecule has 128 valence electrons. The maximum absolute atomic E-state index is 12.8. The van der Waals surface area contributed by atoms with E-state index in [4.69, 9.17) is 26.2 Å². The molecule has 1 aliphatic rings. The molecule has 0 aliphatic carbocycles. The van der Waals surface area contributed by atoms with E-state index in [2.05, 4.69) is 0 Å². The van der Waals surface area contributed by atoms with Gasteiger partial charge in [-0.15, -0.1) is 0 Å². The van der Waals surface area contributed by atoms with Gasteiger partial charge in [0.15, 0.2) is 0 Å². The van der Waals surface area contributed by atoms with Gasteiger partial charge < -0.3 is 14.6 Å². The summed E-state index contributed by atoms with van der Waals surface area (Å²) in [6.07, 6.45) is 0.949. The van der Waals surface area contributed by atoms with Crippen LogP contribution in [0.5, 0.6) is 11.5 Å². The number of nitrogens with zero attached hydrogens (tertiary/aromatic N) is 1. The second-order valence-corrected chi connectivity index (χ2v) is 7.49. The Kier molecular flexibility index (Phi) is 5.38. The van der Waals surface area contributed by atoms with Crippen molar-refractivity contribution in [2.75, 3.05) is 27.3 Å². The summed E-state index contributed by atoms with van der Waals surface area (Å²) < 4.78 is 37.0. The number of carboxylic acid groups (broad SMARTS) is 1. The normalized spacial score (nSPS) is 19.3. The monoisotopic (exact) mass is 363 g/mol. The maximum Gasteiger partial charge on any atom is 0.307 e. The van der Waals surface area contributed by atoms with E-state index in [1.165, 1.54) is 26.4 Å². The Hall–Kier alpha value is -1.51. The van der Waals surface area contributed by atoms with Gasteiger partial charge >= 0.3 is 5.97 Å². The minimum Gasteiger partial charge on any atom is -0.495 e. The summed E-state index contributed by atoms with van der Waals surface area (Å²) in [6.45, 7) is 0.198. The molecule has 1 N–H and O–H groups in total. The standard InChI is InChI=1S/C14H18ClNO6S/c1-21-11-7-12(22-2)13(6-10(11)15)23(19,20)16-5-3-4-9(8-16)14(17)18/h6-7,9H,3-5,8H2,1-2H3,(H,17,18). The van der Waals surface area contributed by atoms with Crippen molar-refractivity contribution >= 4 is 27.6 Å². The Morgan fingerprint density at radius 3 is 2.52 bits per heavy atom. The Morgan fingerprint density at radius 1 is 1.30 bits per heavy atom. The van der Waals surface area contributed by atoms with E-state index in [0.29, 0.717) is 18.6 Å². The molecule has 1 aliphatic heterocycles. The number of hydrogen-bond acceptors (Lipinski definition) is 5. The number of benzene rings is 1. The van der Waals surface area contributed by atoms with E-state index in [1.807, 2.05) is 0 Å². The lowest BCUT2D eigenvalue weighted by Gasteiger charge is -2.30. The highest BCUT2D eigenvalue weighted by Gasteiger charge is 2.35. The number of carboxylic acids is 1. The Balaban J connectivity index is 2.43. The van der Waals surface area contributed by atoms with E-state index >= 15 is 0 Å². The molecule has 0 spiro atoms. The summed E-state index contributed by atoms with van der Waals surface area (Å²) in [5.41, 5.74) is 0. The van der Waals surface area contributed by atoms with Crippen LogP contribution in [0, 0.1) is 5.92 Å². The van der Waals surface area contributed by atoms with Crippen molar-refractivity contribution in [1.29, 1.82) is 0 Å². The molecule has 0 saturated carbocycles. The molecular weight excluding hydrogens is 346 g/mol. The number of rotatable bonds is 5. The van der Waals surface area contributed by atoms with Crippen molar-refractivity contribution in [3.63, 3.8) is 0 Å². The average molecular weight is 364 g/mol. The third kappa shape index (κ3) is 3.54. The number of hydrogen-bond donors (Lipinski definition) is 1. The molecule has 9 heteroatoms. The minimum absolute atomic E-state index is 0.0650. The van der Waals surface area contributed by atoms with E-state index in [0.717, 1.165) is 4.31 Å². The van der Waals surface area contributed by atoms with Gasteiger partial charge in [0.05, 0.1) is 25.2 Å². The highest BCUT2D eigenvalue weighted by atomic mass is 35.5. The highest BCUT2D eigenvalue weighted by molar-refractivity contribution is 7.89.